The predicted octanol–water partition coefficient (Wildman–Crippen LogP) is 5.82. The summed E-state index contributed by atoms with van der Waals surface area (Å²) in [6.45, 7) is 4.25. The third kappa shape index (κ3) is 4.35. The van der Waals surface area contributed by atoms with Crippen LogP contribution >= 0.6 is 46.4 Å². The molecule has 1 aromatic carbocycles. The Labute approximate surface area is 133 Å². The average Bonchev–Trinajstić information content (AvgIpc) is 2.27. The quantitative estimate of drug-likeness (QED) is 0.670. The summed E-state index contributed by atoms with van der Waals surface area (Å²) < 4.78 is 10.9. The Morgan fingerprint density at radius 1 is 1.32 bits per heavy atom. The minimum atomic E-state index is 0.150. The number of rotatable bonds is 5. The highest BCUT2D eigenvalue weighted by Crippen LogP contribution is 2.44. The molecule has 1 aromatic rings. The molecule has 106 valence electrons. The van der Waals surface area contributed by atoms with Crippen LogP contribution in [0.1, 0.15) is 25.3 Å². The summed E-state index contributed by atoms with van der Waals surface area (Å²) in [7, 11) is 1.52. The van der Waals surface area contributed by atoms with Gasteiger partial charge in [0.15, 0.2) is 5.75 Å². The summed E-state index contributed by atoms with van der Waals surface area (Å²) in [5.74, 6) is 1.20. The number of hydrogen-bond acceptors (Lipinski definition) is 2. The third-order valence-corrected chi connectivity index (χ3v) is 3.40. The van der Waals surface area contributed by atoms with E-state index in [0.717, 1.165) is 5.56 Å². The molecule has 0 aliphatic carbocycles. The van der Waals surface area contributed by atoms with Crippen molar-refractivity contribution in [2.75, 3.05) is 13.7 Å². The van der Waals surface area contributed by atoms with Gasteiger partial charge in [0.1, 0.15) is 16.8 Å². The number of hydrogen-bond donors (Lipinski definition) is 0. The molecule has 0 aromatic heterocycles. The predicted molar refractivity (Wildman–Crippen MR) is 82.4 cm³/mol. The lowest BCUT2D eigenvalue weighted by molar-refractivity contribution is 0.355. The van der Waals surface area contributed by atoms with Crippen molar-refractivity contribution >= 4 is 46.4 Å². The Hall–Kier alpha value is -0.280. The standard InChI is InChI=1S/C13H14Cl4O2/c1-7(2)11-9(19-5-4-10(15)16)6-8(14)13(18-3)12(11)17/h4,6-7H,5H2,1-3H3. The smallest absolute Gasteiger partial charge is 0.156 e. The molecule has 0 atom stereocenters. The van der Waals surface area contributed by atoms with Gasteiger partial charge in [-0.1, -0.05) is 60.3 Å². The molecule has 0 saturated heterocycles. The fourth-order valence-corrected chi connectivity index (χ4v) is 2.57. The second-order valence-corrected chi connectivity index (χ2v) is 5.87. The van der Waals surface area contributed by atoms with Gasteiger partial charge in [0, 0.05) is 11.6 Å². The van der Waals surface area contributed by atoms with Gasteiger partial charge in [0.25, 0.3) is 0 Å². The largest absolute Gasteiger partial charge is 0.494 e. The number of ether oxygens (including phenoxy) is 2. The second kappa shape index (κ2) is 7.49. The first-order valence-electron chi connectivity index (χ1n) is 5.58. The summed E-state index contributed by atoms with van der Waals surface area (Å²) in [4.78, 5) is 0. The van der Waals surface area contributed by atoms with Crippen LogP contribution in [0.5, 0.6) is 11.5 Å². The van der Waals surface area contributed by atoms with E-state index < -0.39 is 0 Å². The van der Waals surface area contributed by atoms with Gasteiger partial charge in [0.05, 0.1) is 17.2 Å². The highest BCUT2D eigenvalue weighted by molar-refractivity contribution is 6.55. The van der Waals surface area contributed by atoms with E-state index in [1.54, 1.807) is 12.1 Å². The minimum Gasteiger partial charge on any atom is -0.494 e. The maximum Gasteiger partial charge on any atom is 0.156 e. The van der Waals surface area contributed by atoms with Gasteiger partial charge in [-0.25, -0.2) is 0 Å². The summed E-state index contributed by atoms with van der Waals surface area (Å²) in [5.41, 5.74) is 0.835. The molecule has 0 N–H and O–H groups in total. The van der Waals surface area contributed by atoms with Gasteiger partial charge in [-0.05, 0) is 12.0 Å². The van der Waals surface area contributed by atoms with Crippen LogP contribution < -0.4 is 9.47 Å². The fraction of sp³-hybridized carbons (Fsp3) is 0.385. The lowest BCUT2D eigenvalue weighted by atomic mass is 10.0. The molecule has 2 nitrogen and oxygen atoms in total. The Morgan fingerprint density at radius 2 is 1.95 bits per heavy atom. The molecule has 19 heavy (non-hydrogen) atoms. The van der Waals surface area contributed by atoms with E-state index in [4.69, 9.17) is 55.9 Å². The Morgan fingerprint density at radius 3 is 2.42 bits per heavy atom. The minimum absolute atomic E-state index is 0.150. The highest BCUT2D eigenvalue weighted by Gasteiger charge is 2.19. The Balaban J connectivity index is 3.19. The number of halogens is 4. The first-order chi connectivity index (χ1) is 8.88. The zero-order chi connectivity index (χ0) is 14.6. The van der Waals surface area contributed by atoms with Crippen molar-refractivity contribution in [3.8, 4) is 11.5 Å². The van der Waals surface area contributed by atoms with Crippen LogP contribution in [0.2, 0.25) is 10.0 Å². The lowest BCUT2D eigenvalue weighted by Gasteiger charge is -2.18. The summed E-state index contributed by atoms with van der Waals surface area (Å²) in [6.07, 6.45) is 1.54. The number of benzene rings is 1. The molecule has 6 heteroatoms. The maximum atomic E-state index is 6.30. The van der Waals surface area contributed by atoms with E-state index in [1.165, 1.54) is 7.11 Å². The SMILES string of the molecule is COc1c(Cl)cc(OCC=C(Cl)Cl)c(C(C)C)c1Cl. The molecule has 0 radical (unpaired) electrons. The van der Waals surface area contributed by atoms with Crippen LogP contribution in [-0.4, -0.2) is 13.7 Å². The van der Waals surface area contributed by atoms with Crippen molar-refractivity contribution in [2.24, 2.45) is 0 Å². The monoisotopic (exact) mass is 342 g/mol. The molecular weight excluding hydrogens is 330 g/mol. The first-order valence-corrected chi connectivity index (χ1v) is 7.09. The molecular formula is C13H14Cl4O2. The van der Waals surface area contributed by atoms with E-state index in [-0.39, 0.29) is 17.0 Å². The topological polar surface area (TPSA) is 18.5 Å². The molecule has 1 rings (SSSR count). The van der Waals surface area contributed by atoms with E-state index in [1.807, 2.05) is 13.8 Å². The van der Waals surface area contributed by atoms with Crippen LogP contribution in [0.25, 0.3) is 0 Å². The number of methoxy groups -OCH3 is 1. The van der Waals surface area contributed by atoms with Crippen LogP contribution in [-0.2, 0) is 0 Å². The molecule has 0 spiro atoms. The molecule has 0 saturated carbocycles. The second-order valence-electron chi connectivity index (χ2n) is 4.08. The van der Waals surface area contributed by atoms with Gasteiger partial charge in [-0.2, -0.15) is 0 Å². The van der Waals surface area contributed by atoms with Crippen LogP contribution in [0.4, 0.5) is 0 Å². The summed E-state index contributed by atoms with van der Waals surface area (Å²) in [6, 6.07) is 1.68. The Kier molecular flexibility index (Phi) is 6.61. The molecule has 0 aliphatic heterocycles. The van der Waals surface area contributed by atoms with Gasteiger partial charge >= 0.3 is 0 Å². The van der Waals surface area contributed by atoms with Crippen molar-refractivity contribution in [1.29, 1.82) is 0 Å². The molecule has 0 heterocycles. The van der Waals surface area contributed by atoms with Gasteiger partial charge in [-0.15, -0.1) is 0 Å². The molecule has 0 aliphatic rings. The van der Waals surface area contributed by atoms with E-state index in [0.29, 0.717) is 21.5 Å². The van der Waals surface area contributed by atoms with Crippen molar-refractivity contribution < 1.29 is 9.47 Å². The molecule has 0 bridgehead atoms. The third-order valence-electron chi connectivity index (χ3n) is 2.43. The van der Waals surface area contributed by atoms with Crippen molar-refractivity contribution in [1.82, 2.24) is 0 Å². The van der Waals surface area contributed by atoms with Crippen LogP contribution in [0.15, 0.2) is 16.6 Å². The molecule has 0 amide bonds. The average molecular weight is 344 g/mol. The van der Waals surface area contributed by atoms with Crippen molar-refractivity contribution in [2.45, 2.75) is 19.8 Å². The Bertz CT molecular complexity index is 480. The van der Waals surface area contributed by atoms with Gasteiger partial charge < -0.3 is 9.47 Å². The molecule has 0 fully saturated rings. The van der Waals surface area contributed by atoms with Crippen LogP contribution in [0.3, 0.4) is 0 Å². The fourth-order valence-electron chi connectivity index (χ4n) is 1.63. The summed E-state index contributed by atoms with van der Waals surface area (Å²) in [5, 5.41) is 0.855. The zero-order valence-electron chi connectivity index (χ0n) is 10.8. The van der Waals surface area contributed by atoms with Crippen molar-refractivity contribution in [3.63, 3.8) is 0 Å². The van der Waals surface area contributed by atoms with E-state index in [2.05, 4.69) is 0 Å². The normalized spacial score (nSPS) is 10.5. The van der Waals surface area contributed by atoms with Crippen molar-refractivity contribution in [3.05, 3.63) is 32.2 Å². The van der Waals surface area contributed by atoms with E-state index in [9.17, 15) is 0 Å². The zero-order valence-corrected chi connectivity index (χ0v) is 13.8. The summed E-state index contributed by atoms with van der Waals surface area (Å²) >= 11 is 23.5. The maximum absolute atomic E-state index is 6.30. The van der Waals surface area contributed by atoms with E-state index >= 15 is 0 Å². The van der Waals surface area contributed by atoms with Gasteiger partial charge in [-0.3, -0.25) is 0 Å². The molecule has 0 unspecified atom stereocenters. The highest BCUT2D eigenvalue weighted by atomic mass is 35.5. The lowest BCUT2D eigenvalue weighted by Crippen LogP contribution is -2.02. The van der Waals surface area contributed by atoms with Gasteiger partial charge in [0.2, 0.25) is 0 Å². The first kappa shape index (κ1) is 16.8. The van der Waals surface area contributed by atoms with Crippen LogP contribution in [0, 0.1) is 0 Å².